The Hall–Kier alpha value is -3.45. The van der Waals surface area contributed by atoms with Gasteiger partial charge in [-0.25, -0.2) is 4.98 Å². The molecule has 158 valence electrons. The van der Waals surface area contributed by atoms with Crippen molar-refractivity contribution >= 4 is 27.5 Å². The van der Waals surface area contributed by atoms with Gasteiger partial charge in [-0.3, -0.25) is 14.2 Å². The fraction of sp³-hybridized carbons (Fsp3) is 0.208. The van der Waals surface area contributed by atoms with Gasteiger partial charge in [0.1, 0.15) is 23.7 Å². The molecule has 4 aromatic rings. The van der Waals surface area contributed by atoms with Crippen molar-refractivity contribution in [1.82, 2.24) is 14.9 Å². The highest BCUT2D eigenvalue weighted by atomic mass is 32.1. The Bertz CT molecular complexity index is 1280. The van der Waals surface area contributed by atoms with E-state index in [1.807, 2.05) is 68.4 Å². The van der Waals surface area contributed by atoms with Crippen molar-refractivity contribution in [2.45, 2.75) is 20.4 Å². The highest BCUT2D eigenvalue weighted by Gasteiger charge is 2.16. The number of hydrogen-bond donors (Lipinski definition) is 1. The average Bonchev–Trinajstić information content (AvgIpc) is 3.11. The molecular weight excluding hydrogens is 410 g/mol. The van der Waals surface area contributed by atoms with Gasteiger partial charge >= 0.3 is 0 Å². The van der Waals surface area contributed by atoms with Crippen molar-refractivity contribution in [2.24, 2.45) is 0 Å². The van der Waals surface area contributed by atoms with Gasteiger partial charge in [-0.2, -0.15) is 0 Å². The molecule has 4 rings (SSSR count). The summed E-state index contributed by atoms with van der Waals surface area (Å²) >= 11 is 1.49. The van der Waals surface area contributed by atoms with Crippen molar-refractivity contribution in [2.75, 3.05) is 13.2 Å². The van der Waals surface area contributed by atoms with Gasteiger partial charge in [-0.1, -0.05) is 42.5 Å². The zero-order chi connectivity index (χ0) is 21.8. The van der Waals surface area contributed by atoms with E-state index in [0.717, 1.165) is 27.3 Å². The van der Waals surface area contributed by atoms with Gasteiger partial charge < -0.3 is 10.1 Å². The highest BCUT2D eigenvalue weighted by Crippen LogP contribution is 2.35. The Morgan fingerprint density at radius 1 is 1.13 bits per heavy atom. The first-order valence-corrected chi connectivity index (χ1v) is 10.8. The topological polar surface area (TPSA) is 73.2 Å². The van der Waals surface area contributed by atoms with Crippen molar-refractivity contribution in [3.63, 3.8) is 0 Å². The summed E-state index contributed by atoms with van der Waals surface area (Å²) < 4.78 is 6.99. The predicted octanol–water partition coefficient (Wildman–Crippen LogP) is 3.94. The lowest BCUT2D eigenvalue weighted by Crippen LogP contribution is -2.34. The molecule has 0 bridgehead atoms. The minimum atomic E-state index is -0.257. The molecule has 0 aliphatic carbocycles. The number of carbonyl (C=O) groups excluding carboxylic acids is 1. The Balaban J connectivity index is 1.42. The van der Waals surface area contributed by atoms with E-state index >= 15 is 0 Å². The maximum Gasteiger partial charge on any atom is 0.262 e. The summed E-state index contributed by atoms with van der Waals surface area (Å²) in [4.78, 5) is 31.5. The SMILES string of the molecule is Cc1cccc(OCCNC(=O)Cn2cnc3sc(-c4ccccc4)c(C)c3c2=O)c1. The number of carbonyl (C=O) groups is 1. The minimum Gasteiger partial charge on any atom is -0.492 e. The molecule has 2 heterocycles. The number of aromatic nitrogens is 2. The fourth-order valence-corrected chi connectivity index (χ4v) is 4.56. The molecule has 7 heteroatoms. The number of ether oxygens (including phenoxy) is 1. The van der Waals surface area contributed by atoms with Crippen LogP contribution >= 0.6 is 11.3 Å². The van der Waals surface area contributed by atoms with Crippen LogP contribution in [-0.2, 0) is 11.3 Å². The molecule has 0 fully saturated rings. The van der Waals surface area contributed by atoms with E-state index in [0.29, 0.717) is 23.4 Å². The van der Waals surface area contributed by atoms with Gasteiger partial charge in [0, 0.05) is 4.88 Å². The Morgan fingerprint density at radius 3 is 2.71 bits per heavy atom. The summed E-state index contributed by atoms with van der Waals surface area (Å²) in [6.45, 7) is 4.55. The first-order valence-electron chi connectivity index (χ1n) is 10.0. The first kappa shape index (κ1) is 20.8. The average molecular weight is 434 g/mol. The second-order valence-corrected chi connectivity index (χ2v) is 8.29. The molecule has 0 saturated carbocycles. The zero-order valence-electron chi connectivity index (χ0n) is 17.4. The number of thiophene rings is 1. The maximum atomic E-state index is 13.0. The number of hydrogen-bond acceptors (Lipinski definition) is 5. The third-order valence-corrected chi connectivity index (χ3v) is 6.20. The number of aryl methyl sites for hydroxylation is 2. The van der Waals surface area contributed by atoms with Gasteiger partial charge in [0.25, 0.3) is 5.56 Å². The van der Waals surface area contributed by atoms with Gasteiger partial charge in [-0.15, -0.1) is 11.3 Å². The second-order valence-electron chi connectivity index (χ2n) is 7.29. The summed E-state index contributed by atoms with van der Waals surface area (Å²) in [5.74, 6) is 0.509. The third kappa shape index (κ3) is 4.67. The Labute approximate surface area is 184 Å². The molecule has 2 aromatic carbocycles. The molecule has 31 heavy (non-hydrogen) atoms. The Morgan fingerprint density at radius 2 is 1.94 bits per heavy atom. The van der Waals surface area contributed by atoms with Crippen molar-refractivity contribution in [3.8, 4) is 16.2 Å². The number of fused-ring (bicyclic) bond motifs is 1. The third-order valence-electron chi connectivity index (χ3n) is 4.95. The van der Waals surface area contributed by atoms with Gasteiger partial charge in [-0.05, 0) is 42.7 Å². The van der Waals surface area contributed by atoms with Crippen LogP contribution in [0.5, 0.6) is 5.75 Å². The largest absolute Gasteiger partial charge is 0.492 e. The second kappa shape index (κ2) is 9.14. The molecule has 0 spiro atoms. The van der Waals surface area contributed by atoms with E-state index in [2.05, 4.69) is 10.3 Å². The van der Waals surface area contributed by atoms with Crippen LogP contribution in [0.4, 0.5) is 0 Å². The highest BCUT2D eigenvalue weighted by molar-refractivity contribution is 7.22. The van der Waals surface area contributed by atoms with Crippen molar-refractivity contribution in [3.05, 3.63) is 82.4 Å². The molecule has 0 aliphatic heterocycles. The lowest BCUT2D eigenvalue weighted by Gasteiger charge is -2.09. The number of rotatable bonds is 7. The monoisotopic (exact) mass is 433 g/mol. The van der Waals surface area contributed by atoms with E-state index in [4.69, 9.17) is 4.74 Å². The van der Waals surface area contributed by atoms with Crippen LogP contribution in [0.3, 0.4) is 0 Å². The van der Waals surface area contributed by atoms with Gasteiger partial charge in [0.15, 0.2) is 0 Å². The van der Waals surface area contributed by atoms with Crippen LogP contribution in [-0.4, -0.2) is 28.6 Å². The minimum absolute atomic E-state index is 0.0812. The fourth-order valence-electron chi connectivity index (χ4n) is 3.41. The van der Waals surface area contributed by atoms with E-state index in [1.165, 1.54) is 22.2 Å². The van der Waals surface area contributed by atoms with E-state index in [-0.39, 0.29) is 18.0 Å². The van der Waals surface area contributed by atoms with Crippen LogP contribution < -0.4 is 15.6 Å². The molecular formula is C24H23N3O3S. The number of benzene rings is 2. The summed E-state index contributed by atoms with van der Waals surface area (Å²) in [7, 11) is 0. The number of nitrogens with zero attached hydrogens (tertiary/aromatic N) is 2. The summed E-state index contributed by atoms with van der Waals surface area (Å²) in [6.07, 6.45) is 1.44. The van der Waals surface area contributed by atoms with Crippen LogP contribution in [0.25, 0.3) is 20.7 Å². The summed E-state index contributed by atoms with van der Waals surface area (Å²) in [6, 6.07) is 17.7. The van der Waals surface area contributed by atoms with Crippen molar-refractivity contribution < 1.29 is 9.53 Å². The summed E-state index contributed by atoms with van der Waals surface area (Å²) in [5.41, 5.74) is 2.86. The van der Waals surface area contributed by atoms with E-state index in [9.17, 15) is 9.59 Å². The van der Waals surface area contributed by atoms with Crippen LogP contribution in [0.1, 0.15) is 11.1 Å². The van der Waals surface area contributed by atoms with E-state index < -0.39 is 0 Å². The smallest absolute Gasteiger partial charge is 0.262 e. The van der Waals surface area contributed by atoms with Crippen LogP contribution in [0, 0.1) is 13.8 Å². The first-order chi connectivity index (χ1) is 15.0. The zero-order valence-corrected chi connectivity index (χ0v) is 18.2. The molecule has 0 saturated heterocycles. The van der Waals surface area contributed by atoms with Crippen molar-refractivity contribution in [1.29, 1.82) is 0 Å². The molecule has 0 aliphatic rings. The summed E-state index contributed by atoms with van der Waals surface area (Å²) in [5, 5.41) is 3.36. The van der Waals surface area contributed by atoms with Crippen LogP contribution in [0.2, 0.25) is 0 Å². The van der Waals surface area contributed by atoms with Gasteiger partial charge in [0.2, 0.25) is 5.91 Å². The molecule has 1 N–H and O–H groups in total. The molecule has 2 aromatic heterocycles. The quantitative estimate of drug-likeness (QED) is 0.448. The lowest BCUT2D eigenvalue weighted by atomic mass is 10.1. The molecule has 0 atom stereocenters. The number of amides is 1. The standard InChI is InChI=1S/C24H23N3O3S/c1-16-7-6-10-19(13-16)30-12-11-25-20(28)14-27-15-26-23-21(24(27)29)17(2)22(31-23)18-8-4-3-5-9-18/h3-10,13,15H,11-12,14H2,1-2H3,(H,25,28). The van der Waals surface area contributed by atoms with Gasteiger partial charge in [0.05, 0.1) is 18.3 Å². The molecule has 1 amide bonds. The van der Waals surface area contributed by atoms with E-state index in [1.54, 1.807) is 0 Å². The maximum absolute atomic E-state index is 13.0. The number of nitrogens with one attached hydrogen (secondary N) is 1. The predicted molar refractivity (Wildman–Crippen MR) is 124 cm³/mol. The molecule has 0 unspecified atom stereocenters. The molecule has 0 radical (unpaired) electrons. The normalized spacial score (nSPS) is 10.9. The lowest BCUT2D eigenvalue weighted by molar-refractivity contribution is -0.121. The molecule has 6 nitrogen and oxygen atoms in total. The van der Waals surface area contributed by atoms with Crippen LogP contribution in [0.15, 0.2) is 65.7 Å². The Kier molecular flexibility index (Phi) is 6.13.